The highest BCUT2D eigenvalue weighted by molar-refractivity contribution is 5.78. The third-order valence-corrected chi connectivity index (χ3v) is 5.45. The van der Waals surface area contributed by atoms with E-state index in [-0.39, 0.29) is 29.4 Å². The summed E-state index contributed by atoms with van der Waals surface area (Å²) in [5, 5.41) is 0. The fourth-order valence-electron chi connectivity index (χ4n) is 3.21. The van der Waals surface area contributed by atoms with Gasteiger partial charge in [-0.2, -0.15) is 0 Å². The van der Waals surface area contributed by atoms with Crippen LogP contribution in [0.25, 0.3) is 0 Å². The number of methoxy groups -OCH3 is 2. The zero-order valence-corrected chi connectivity index (χ0v) is 14.3. The normalized spacial score (nSPS) is 26.2. The van der Waals surface area contributed by atoms with Crippen LogP contribution in [0.4, 0.5) is 0 Å². The van der Waals surface area contributed by atoms with Gasteiger partial charge in [0.05, 0.1) is 24.8 Å². The molecule has 0 bridgehead atoms. The molecule has 0 saturated heterocycles. The molecule has 1 heterocycles. The fourth-order valence-corrected chi connectivity index (χ4v) is 3.21. The Kier molecular flexibility index (Phi) is 4.47. The molecule has 0 unspecified atom stereocenters. The molecule has 0 spiro atoms. The smallest absolute Gasteiger partial charge is 0.228 e. The molecule has 1 aliphatic rings. The van der Waals surface area contributed by atoms with Crippen molar-refractivity contribution in [1.82, 2.24) is 9.88 Å². The average Bonchev–Trinajstić information content (AvgIpc) is 2.51. The van der Waals surface area contributed by atoms with Crippen molar-refractivity contribution in [1.29, 1.82) is 0 Å². The largest absolute Gasteiger partial charge is 0.497 e. The van der Waals surface area contributed by atoms with Gasteiger partial charge in [-0.25, -0.2) is 0 Å². The molecule has 5 nitrogen and oxygen atoms in total. The summed E-state index contributed by atoms with van der Waals surface area (Å²) in [6.07, 6.45) is 2.80. The van der Waals surface area contributed by atoms with Crippen LogP contribution in [0.1, 0.15) is 32.9 Å². The van der Waals surface area contributed by atoms with Crippen molar-refractivity contribution in [2.45, 2.75) is 45.3 Å². The third-order valence-electron chi connectivity index (χ3n) is 5.45. The number of ether oxygens (including phenoxy) is 2. The molecule has 0 aliphatic heterocycles. The zero-order valence-electron chi connectivity index (χ0n) is 14.3. The Bertz CT molecular complexity index is 559. The topological polar surface area (TPSA) is 51.7 Å². The quantitative estimate of drug-likeness (QED) is 0.837. The maximum absolute atomic E-state index is 12.5. The van der Waals surface area contributed by atoms with Crippen molar-refractivity contribution >= 4 is 5.91 Å². The van der Waals surface area contributed by atoms with Crippen LogP contribution in [0.15, 0.2) is 18.3 Å². The number of rotatable bonds is 5. The number of hydrogen-bond acceptors (Lipinski definition) is 4. The molecular formula is C17H26N2O3. The molecule has 1 fully saturated rings. The van der Waals surface area contributed by atoms with E-state index in [9.17, 15) is 4.79 Å². The summed E-state index contributed by atoms with van der Waals surface area (Å²) in [6, 6.07) is 3.75. The van der Waals surface area contributed by atoms with E-state index in [0.29, 0.717) is 0 Å². The molecule has 1 aliphatic carbocycles. The van der Waals surface area contributed by atoms with Crippen LogP contribution >= 0.6 is 0 Å². The first kappa shape index (κ1) is 16.7. The number of carbonyl (C=O) groups excluding carboxylic acids is 1. The summed E-state index contributed by atoms with van der Waals surface area (Å²) >= 11 is 0. The summed E-state index contributed by atoms with van der Waals surface area (Å²) in [4.78, 5) is 18.6. The third kappa shape index (κ3) is 2.70. The number of amides is 1. The van der Waals surface area contributed by atoms with Crippen molar-refractivity contribution < 1.29 is 14.3 Å². The second-order valence-corrected chi connectivity index (χ2v) is 6.75. The summed E-state index contributed by atoms with van der Waals surface area (Å²) < 4.78 is 10.8. The number of likely N-dealkylation sites (N-methyl/N-ethyl adjacent to an activating group) is 1. The summed E-state index contributed by atoms with van der Waals surface area (Å²) in [7, 11) is 5.21. The zero-order chi connectivity index (χ0) is 16.5. The van der Waals surface area contributed by atoms with E-state index in [1.165, 1.54) is 0 Å². The van der Waals surface area contributed by atoms with Gasteiger partial charge in [-0.3, -0.25) is 9.78 Å². The predicted octanol–water partition coefficient (Wildman–Crippen LogP) is 2.29. The lowest BCUT2D eigenvalue weighted by Gasteiger charge is -2.61. The Balaban J connectivity index is 2.04. The van der Waals surface area contributed by atoms with Gasteiger partial charge in [0, 0.05) is 37.9 Å². The van der Waals surface area contributed by atoms with Crippen LogP contribution in [0.3, 0.4) is 0 Å². The Labute approximate surface area is 132 Å². The second-order valence-electron chi connectivity index (χ2n) is 6.75. The first-order chi connectivity index (χ1) is 10.2. The van der Waals surface area contributed by atoms with Gasteiger partial charge in [0.15, 0.2) is 0 Å². The van der Waals surface area contributed by atoms with E-state index in [1.54, 1.807) is 32.5 Å². The van der Waals surface area contributed by atoms with E-state index < -0.39 is 0 Å². The van der Waals surface area contributed by atoms with Gasteiger partial charge < -0.3 is 14.4 Å². The van der Waals surface area contributed by atoms with E-state index in [4.69, 9.17) is 9.47 Å². The van der Waals surface area contributed by atoms with Gasteiger partial charge in [-0.05, 0) is 19.4 Å². The van der Waals surface area contributed by atoms with Crippen molar-refractivity contribution in [2.24, 2.45) is 5.41 Å². The number of aromatic nitrogens is 1. The van der Waals surface area contributed by atoms with Crippen LogP contribution in [-0.2, 0) is 16.0 Å². The van der Waals surface area contributed by atoms with Gasteiger partial charge in [0.2, 0.25) is 5.91 Å². The lowest BCUT2D eigenvalue weighted by Crippen LogP contribution is -2.68. The lowest BCUT2D eigenvalue weighted by molar-refractivity contribution is -0.207. The molecule has 1 saturated carbocycles. The van der Waals surface area contributed by atoms with Gasteiger partial charge in [0.1, 0.15) is 5.75 Å². The van der Waals surface area contributed by atoms with Crippen LogP contribution < -0.4 is 4.74 Å². The molecule has 1 aromatic rings. The maximum atomic E-state index is 12.5. The predicted molar refractivity (Wildman–Crippen MR) is 84.9 cm³/mol. The number of hydrogen-bond donors (Lipinski definition) is 0. The van der Waals surface area contributed by atoms with Crippen LogP contribution in [-0.4, -0.2) is 48.7 Å². The molecule has 1 aromatic heterocycles. The first-order valence-corrected chi connectivity index (χ1v) is 7.55. The molecule has 0 N–H and O–H groups in total. The molecule has 0 radical (unpaired) electrons. The number of carbonyl (C=O) groups is 1. The molecule has 5 heteroatoms. The summed E-state index contributed by atoms with van der Waals surface area (Å²) in [5.41, 5.74) is 0.469. The van der Waals surface area contributed by atoms with Crippen molar-refractivity contribution in [3.05, 3.63) is 24.0 Å². The minimum Gasteiger partial charge on any atom is -0.497 e. The Morgan fingerprint density at radius 1 is 1.41 bits per heavy atom. The van der Waals surface area contributed by atoms with Crippen molar-refractivity contribution in [3.63, 3.8) is 0 Å². The average molecular weight is 306 g/mol. The van der Waals surface area contributed by atoms with Gasteiger partial charge in [0.25, 0.3) is 0 Å². The van der Waals surface area contributed by atoms with Crippen LogP contribution in [0, 0.1) is 5.41 Å². The maximum Gasteiger partial charge on any atom is 0.228 e. The van der Waals surface area contributed by atoms with Gasteiger partial charge >= 0.3 is 0 Å². The number of pyridine rings is 1. The summed E-state index contributed by atoms with van der Waals surface area (Å²) in [6.45, 7) is 6.40. The highest BCUT2D eigenvalue weighted by atomic mass is 16.5. The van der Waals surface area contributed by atoms with E-state index in [2.05, 4.69) is 25.8 Å². The molecule has 22 heavy (non-hydrogen) atoms. The van der Waals surface area contributed by atoms with Crippen molar-refractivity contribution in [3.8, 4) is 5.75 Å². The van der Waals surface area contributed by atoms with Crippen molar-refractivity contribution in [2.75, 3.05) is 21.3 Å². The second kappa shape index (κ2) is 5.88. The Morgan fingerprint density at radius 2 is 2.09 bits per heavy atom. The molecule has 2 rings (SSSR count). The van der Waals surface area contributed by atoms with E-state index in [0.717, 1.165) is 17.9 Å². The standard InChI is InChI=1S/C17H26N2O3/c1-16(2)14(11-17(16,3)22-6)19(4)15(20)10-12-9-13(21-5)7-8-18-12/h7-9,14H,10-11H2,1-6H3/t14-,17+/m0/s1. The van der Waals surface area contributed by atoms with E-state index in [1.807, 2.05) is 11.9 Å². The highest BCUT2D eigenvalue weighted by Gasteiger charge is 2.59. The van der Waals surface area contributed by atoms with Gasteiger partial charge in [-0.15, -0.1) is 0 Å². The highest BCUT2D eigenvalue weighted by Crippen LogP contribution is 2.53. The summed E-state index contributed by atoms with van der Waals surface area (Å²) in [5.74, 6) is 0.786. The molecular weight excluding hydrogens is 280 g/mol. The SMILES string of the molecule is COc1ccnc(CC(=O)N(C)[C@H]2C[C@@](C)(OC)C2(C)C)c1. The fraction of sp³-hybridized carbons (Fsp3) is 0.647. The minimum atomic E-state index is -0.180. The van der Waals surface area contributed by atoms with Crippen LogP contribution in [0.5, 0.6) is 5.75 Å². The van der Waals surface area contributed by atoms with Crippen LogP contribution in [0.2, 0.25) is 0 Å². The van der Waals surface area contributed by atoms with Gasteiger partial charge in [-0.1, -0.05) is 13.8 Å². The van der Waals surface area contributed by atoms with E-state index >= 15 is 0 Å². The number of nitrogens with zero attached hydrogens (tertiary/aromatic N) is 2. The molecule has 2 atom stereocenters. The molecule has 122 valence electrons. The monoisotopic (exact) mass is 306 g/mol. The molecule has 1 amide bonds. The Hall–Kier alpha value is -1.62. The minimum absolute atomic E-state index is 0.0666. The first-order valence-electron chi connectivity index (χ1n) is 7.55. The Morgan fingerprint density at radius 3 is 2.64 bits per heavy atom. The molecule has 0 aromatic carbocycles. The lowest BCUT2D eigenvalue weighted by atomic mass is 9.55.